The molecule has 8 heteroatoms. The van der Waals surface area contributed by atoms with Gasteiger partial charge < -0.3 is 19.1 Å². The van der Waals surface area contributed by atoms with Crippen molar-refractivity contribution >= 4 is 41.1 Å². The number of rotatable bonds is 5. The molecule has 0 N–H and O–H groups in total. The molecule has 0 saturated carbocycles. The number of hydrogen-bond acceptors (Lipinski definition) is 6. The van der Waals surface area contributed by atoms with E-state index in [9.17, 15) is 9.59 Å². The van der Waals surface area contributed by atoms with Gasteiger partial charge in [-0.1, -0.05) is 11.6 Å². The second kappa shape index (κ2) is 8.20. The number of carbonyl (C=O) groups is 2. The van der Waals surface area contributed by atoms with Gasteiger partial charge in [-0.3, -0.25) is 4.79 Å². The maximum Gasteiger partial charge on any atom is 0.363 e. The third-order valence-corrected chi connectivity index (χ3v) is 5.16. The minimum Gasteiger partial charge on any atom is -0.493 e. The number of amides is 1. The highest BCUT2D eigenvalue weighted by atomic mass is 35.5. The monoisotopic (exact) mass is 426 g/mol. The van der Waals surface area contributed by atoms with Gasteiger partial charge in [0.05, 0.1) is 19.2 Å². The Hall–Kier alpha value is -3.32. The van der Waals surface area contributed by atoms with Crippen LogP contribution in [0.2, 0.25) is 5.02 Å². The van der Waals surface area contributed by atoms with Crippen LogP contribution in [0.4, 0.5) is 5.69 Å². The summed E-state index contributed by atoms with van der Waals surface area (Å²) in [6, 6.07) is 10.6. The van der Waals surface area contributed by atoms with Crippen LogP contribution in [0.3, 0.4) is 0 Å². The highest BCUT2D eigenvalue weighted by Crippen LogP contribution is 2.37. The highest BCUT2D eigenvalue weighted by Gasteiger charge is 2.26. The zero-order valence-electron chi connectivity index (χ0n) is 16.5. The summed E-state index contributed by atoms with van der Waals surface area (Å²) in [7, 11) is 3.00. The Kier molecular flexibility index (Phi) is 5.46. The number of halogens is 1. The van der Waals surface area contributed by atoms with Gasteiger partial charge in [-0.25, -0.2) is 9.79 Å². The lowest BCUT2D eigenvalue weighted by molar-refractivity contribution is -0.130. The minimum absolute atomic E-state index is 0.117. The molecule has 0 radical (unpaired) electrons. The number of cyclic esters (lactones) is 1. The molecule has 2 heterocycles. The van der Waals surface area contributed by atoms with Crippen LogP contribution >= 0.6 is 11.6 Å². The van der Waals surface area contributed by atoms with Gasteiger partial charge in [-0.15, -0.1) is 0 Å². The topological polar surface area (TPSA) is 77.4 Å². The van der Waals surface area contributed by atoms with Crippen molar-refractivity contribution in [3.63, 3.8) is 0 Å². The normalized spacial score (nSPS) is 17.4. The van der Waals surface area contributed by atoms with Gasteiger partial charge in [0.1, 0.15) is 0 Å². The molecule has 154 valence electrons. The molecule has 1 amide bonds. The van der Waals surface area contributed by atoms with Crippen LogP contribution in [0.15, 0.2) is 47.1 Å². The molecule has 2 aromatic carbocycles. The number of carbonyl (C=O) groups excluding carboxylic acids is 2. The van der Waals surface area contributed by atoms with Crippen molar-refractivity contribution in [3.05, 3.63) is 58.2 Å². The van der Waals surface area contributed by atoms with Crippen LogP contribution in [0, 0.1) is 0 Å². The van der Waals surface area contributed by atoms with Crippen molar-refractivity contribution in [3.8, 4) is 11.5 Å². The first kappa shape index (κ1) is 20.0. The van der Waals surface area contributed by atoms with Crippen molar-refractivity contribution in [2.24, 2.45) is 4.99 Å². The van der Waals surface area contributed by atoms with Crippen molar-refractivity contribution in [2.45, 2.75) is 12.8 Å². The predicted octanol–water partition coefficient (Wildman–Crippen LogP) is 3.83. The molecule has 2 aliphatic heterocycles. The van der Waals surface area contributed by atoms with Crippen molar-refractivity contribution < 1.29 is 23.8 Å². The number of methoxy groups -OCH3 is 2. The Balaban J connectivity index is 1.60. The highest BCUT2D eigenvalue weighted by molar-refractivity contribution is 6.32. The standard InChI is InChI=1S/C22H19ClN2O5/c1-28-18-12-13(10-16(23)20(18)29-2)11-17-22(27)30-21(24-17)14-5-7-15(8-6-14)25-9-3-4-19(25)26/h5-8,10-12H,3-4,9H2,1-2H3/b17-11-. The smallest absolute Gasteiger partial charge is 0.363 e. The van der Waals surface area contributed by atoms with Gasteiger partial charge >= 0.3 is 5.97 Å². The summed E-state index contributed by atoms with van der Waals surface area (Å²) in [5.41, 5.74) is 2.24. The summed E-state index contributed by atoms with van der Waals surface area (Å²) in [5, 5.41) is 0.353. The summed E-state index contributed by atoms with van der Waals surface area (Å²) in [4.78, 5) is 30.2. The van der Waals surface area contributed by atoms with Crippen molar-refractivity contribution in [2.75, 3.05) is 25.7 Å². The van der Waals surface area contributed by atoms with E-state index in [1.54, 1.807) is 35.2 Å². The van der Waals surface area contributed by atoms with Crippen molar-refractivity contribution in [1.82, 2.24) is 0 Å². The van der Waals surface area contributed by atoms with Gasteiger partial charge in [0.15, 0.2) is 17.2 Å². The van der Waals surface area contributed by atoms with E-state index in [0.29, 0.717) is 34.1 Å². The lowest BCUT2D eigenvalue weighted by Crippen LogP contribution is -2.23. The second-order valence-electron chi connectivity index (χ2n) is 6.77. The van der Waals surface area contributed by atoms with Crippen LogP contribution < -0.4 is 14.4 Å². The second-order valence-corrected chi connectivity index (χ2v) is 7.18. The van der Waals surface area contributed by atoms with E-state index in [2.05, 4.69) is 4.99 Å². The summed E-state index contributed by atoms with van der Waals surface area (Å²) in [6.07, 6.45) is 3.00. The molecule has 1 saturated heterocycles. The zero-order chi connectivity index (χ0) is 21.3. The zero-order valence-corrected chi connectivity index (χ0v) is 17.2. The van der Waals surface area contributed by atoms with Crippen LogP contribution in [0.25, 0.3) is 6.08 Å². The Morgan fingerprint density at radius 2 is 1.90 bits per heavy atom. The largest absolute Gasteiger partial charge is 0.493 e. The van der Waals surface area contributed by atoms with Crippen LogP contribution in [0.5, 0.6) is 11.5 Å². The molecule has 4 rings (SSSR count). The van der Waals surface area contributed by atoms with E-state index in [1.165, 1.54) is 14.2 Å². The fraction of sp³-hybridized carbons (Fsp3) is 0.227. The van der Waals surface area contributed by atoms with Crippen LogP contribution in [0.1, 0.15) is 24.0 Å². The van der Waals surface area contributed by atoms with E-state index in [1.807, 2.05) is 12.1 Å². The van der Waals surface area contributed by atoms with E-state index in [0.717, 1.165) is 18.7 Å². The summed E-state index contributed by atoms with van der Waals surface area (Å²) in [6.45, 7) is 0.717. The van der Waals surface area contributed by atoms with E-state index in [-0.39, 0.29) is 17.5 Å². The van der Waals surface area contributed by atoms with E-state index >= 15 is 0 Å². The molecule has 30 heavy (non-hydrogen) atoms. The first-order valence-electron chi connectivity index (χ1n) is 9.35. The van der Waals surface area contributed by atoms with Gasteiger partial charge in [0.25, 0.3) is 0 Å². The maximum absolute atomic E-state index is 12.3. The van der Waals surface area contributed by atoms with Gasteiger partial charge in [0, 0.05) is 24.2 Å². The average Bonchev–Trinajstić information content (AvgIpc) is 3.33. The van der Waals surface area contributed by atoms with Gasteiger partial charge in [-0.05, 0) is 54.5 Å². The number of aliphatic imine (C=N–C) groups is 1. The molecule has 0 bridgehead atoms. The van der Waals surface area contributed by atoms with Crippen LogP contribution in [-0.2, 0) is 14.3 Å². The Bertz CT molecular complexity index is 1080. The molecule has 1 fully saturated rings. The number of nitrogens with zero attached hydrogens (tertiary/aromatic N) is 2. The Morgan fingerprint density at radius 3 is 2.53 bits per heavy atom. The first-order chi connectivity index (χ1) is 14.5. The first-order valence-corrected chi connectivity index (χ1v) is 9.73. The van der Waals surface area contributed by atoms with Gasteiger partial charge in [0.2, 0.25) is 11.8 Å². The molecule has 0 aromatic heterocycles. The summed E-state index contributed by atoms with van der Waals surface area (Å²) in [5.74, 6) is 0.619. The molecule has 0 atom stereocenters. The third kappa shape index (κ3) is 3.76. The molecular formula is C22H19ClN2O5. The number of anilines is 1. The number of benzene rings is 2. The molecule has 0 aliphatic carbocycles. The Morgan fingerprint density at radius 1 is 1.13 bits per heavy atom. The Labute approximate surface area is 178 Å². The minimum atomic E-state index is -0.560. The summed E-state index contributed by atoms with van der Waals surface area (Å²) >= 11 is 6.22. The average molecular weight is 427 g/mol. The quantitative estimate of drug-likeness (QED) is 0.536. The number of esters is 1. The fourth-order valence-electron chi connectivity index (χ4n) is 3.42. The third-order valence-electron chi connectivity index (χ3n) is 4.88. The summed E-state index contributed by atoms with van der Waals surface area (Å²) < 4.78 is 15.8. The lowest BCUT2D eigenvalue weighted by atomic mass is 10.1. The maximum atomic E-state index is 12.3. The van der Waals surface area contributed by atoms with Crippen molar-refractivity contribution in [1.29, 1.82) is 0 Å². The molecule has 2 aromatic rings. The van der Waals surface area contributed by atoms with Gasteiger partial charge in [-0.2, -0.15) is 0 Å². The fourth-order valence-corrected chi connectivity index (χ4v) is 3.71. The molecular weight excluding hydrogens is 408 g/mol. The number of hydrogen-bond donors (Lipinski definition) is 0. The predicted molar refractivity (Wildman–Crippen MR) is 113 cm³/mol. The number of ether oxygens (including phenoxy) is 3. The van der Waals surface area contributed by atoms with Crippen LogP contribution in [-0.4, -0.2) is 38.5 Å². The van der Waals surface area contributed by atoms with E-state index in [4.69, 9.17) is 25.8 Å². The lowest BCUT2D eigenvalue weighted by Gasteiger charge is -2.15. The molecule has 0 spiro atoms. The molecule has 0 unspecified atom stereocenters. The van der Waals surface area contributed by atoms with E-state index < -0.39 is 5.97 Å². The SMILES string of the molecule is COc1cc(/C=C2\N=C(c3ccc(N4CCCC4=O)cc3)OC2=O)cc(Cl)c1OC. The molecule has 7 nitrogen and oxygen atoms in total. The molecule has 2 aliphatic rings.